The normalized spacial score (nSPS) is 20.6. The van der Waals surface area contributed by atoms with Crippen LogP contribution in [0.25, 0.3) is 11.0 Å². The Kier molecular flexibility index (Phi) is 4.03. The summed E-state index contributed by atoms with van der Waals surface area (Å²) in [5, 5.41) is 3.44. The molecule has 0 aliphatic carbocycles. The van der Waals surface area contributed by atoms with Gasteiger partial charge in [0.05, 0.1) is 11.0 Å². The molecule has 1 fully saturated rings. The average molecular weight is 273 g/mol. The third-order valence-electron chi connectivity index (χ3n) is 4.36. The van der Waals surface area contributed by atoms with E-state index in [2.05, 4.69) is 35.1 Å². The number of hydrogen-bond donors (Lipinski definition) is 1. The van der Waals surface area contributed by atoms with Gasteiger partial charge in [-0.15, -0.1) is 0 Å². The van der Waals surface area contributed by atoms with E-state index in [-0.39, 0.29) is 0 Å². The quantitative estimate of drug-likeness (QED) is 0.907. The molecule has 1 aliphatic rings. The van der Waals surface area contributed by atoms with Gasteiger partial charge in [0.1, 0.15) is 5.82 Å². The highest BCUT2D eigenvalue weighted by Crippen LogP contribution is 2.21. The molecule has 2 aromatic rings. The molecule has 0 saturated carbocycles. The number of aryl methyl sites for hydroxylation is 1. The van der Waals surface area contributed by atoms with E-state index in [1.54, 1.807) is 0 Å². The van der Waals surface area contributed by atoms with E-state index in [0.29, 0.717) is 12.0 Å². The van der Waals surface area contributed by atoms with Gasteiger partial charge in [0.15, 0.2) is 0 Å². The van der Waals surface area contributed by atoms with Crippen molar-refractivity contribution in [2.75, 3.05) is 20.3 Å². The molecule has 4 heteroatoms. The van der Waals surface area contributed by atoms with Crippen LogP contribution < -0.4 is 5.32 Å². The van der Waals surface area contributed by atoms with Crippen molar-refractivity contribution >= 4 is 11.0 Å². The molecule has 108 valence electrons. The number of para-hydroxylation sites is 2. The lowest BCUT2D eigenvalue weighted by Gasteiger charge is -2.19. The molecule has 20 heavy (non-hydrogen) atoms. The molecule has 1 aromatic carbocycles. The Morgan fingerprint density at radius 2 is 2.30 bits per heavy atom. The molecule has 0 bridgehead atoms. The zero-order valence-electron chi connectivity index (χ0n) is 12.3. The van der Waals surface area contributed by atoms with E-state index in [0.717, 1.165) is 31.0 Å². The Bertz CT molecular complexity index is 572. The van der Waals surface area contributed by atoms with E-state index in [4.69, 9.17) is 9.72 Å². The zero-order valence-corrected chi connectivity index (χ0v) is 12.3. The Morgan fingerprint density at radius 3 is 3.00 bits per heavy atom. The van der Waals surface area contributed by atoms with E-state index in [1.165, 1.54) is 18.4 Å². The minimum absolute atomic E-state index is 0.470. The summed E-state index contributed by atoms with van der Waals surface area (Å²) < 4.78 is 7.69. The second-order valence-corrected chi connectivity index (χ2v) is 5.73. The summed E-state index contributed by atoms with van der Waals surface area (Å²) >= 11 is 0. The molecule has 2 heterocycles. The summed E-state index contributed by atoms with van der Waals surface area (Å²) in [5.74, 6) is 1.85. The first-order valence-corrected chi connectivity index (χ1v) is 7.43. The summed E-state index contributed by atoms with van der Waals surface area (Å²) in [6.07, 6.45) is 3.33. The standard InChI is InChI=1S/C16H23N3O/c1-17-13(9-12-7-8-20-11-12)10-16-18-14-5-3-4-6-15(14)19(16)2/h3-6,12-13,17H,7-11H2,1-2H3. The second kappa shape index (κ2) is 5.94. The van der Waals surface area contributed by atoms with E-state index in [1.807, 2.05) is 13.1 Å². The number of rotatable bonds is 5. The highest BCUT2D eigenvalue weighted by molar-refractivity contribution is 5.75. The van der Waals surface area contributed by atoms with Gasteiger partial charge >= 0.3 is 0 Å². The number of nitrogens with one attached hydrogen (secondary N) is 1. The summed E-state index contributed by atoms with van der Waals surface area (Å²) in [6.45, 7) is 1.84. The molecule has 2 unspecified atom stereocenters. The van der Waals surface area contributed by atoms with E-state index in [9.17, 15) is 0 Å². The van der Waals surface area contributed by atoms with Crippen LogP contribution in [0.15, 0.2) is 24.3 Å². The SMILES string of the molecule is CNC(Cc1nc2ccccc2n1C)CC1CCOC1. The number of fused-ring (bicyclic) bond motifs is 1. The van der Waals surface area contributed by atoms with Gasteiger partial charge in [-0.05, 0) is 37.9 Å². The van der Waals surface area contributed by atoms with Crippen molar-refractivity contribution < 1.29 is 4.74 Å². The molecule has 1 aliphatic heterocycles. The predicted molar refractivity (Wildman–Crippen MR) is 80.8 cm³/mol. The van der Waals surface area contributed by atoms with Crippen LogP contribution >= 0.6 is 0 Å². The summed E-state index contributed by atoms with van der Waals surface area (Å²) in [6, 6.07) is 8.80. The van der Waals surface area contributed by atoms with Crippen LogP contribution in [0.4, 0.5) is 0 Å². The summed E-state index contributed by atoms with van der Waals surface area (Å²) in [7, 11) is 4.15. The number of aromatic nitrogens is 2. The minimum atomic E-state index is 0.470. The van der Waals surface area contributed by atoms with Crippen LogP contribution in [0.5, 0.6) is 0 Å². The monoisotopic (exact) mass is 273 g/mol. The molecular weight excluding hydrogens is 250 g/mol. The van der Waals surface area contributed by atoms with Crippen molar-refractivity contribution in [3.05, 3.63) is 30.1 Å². The van der Waals surface area contributed by atoms with Gasteiger partial charge in [-0.3, -0.25) is 0 Å². The first kappa shape index (κ1) is 13.6. The van der Waals surface area contributed by atoms with E-state index < -0.39 is 0 Å². The number of benzene rings is 1. The first-order chi connectivity index (χ1) is 9.78. The van der Waals surface area contributed by atoms with Crippen molar-refractivity contribution in [1.29, 1.82) is 0 Å². The summed E-state index contributed by atoms with van der Waals surface area (Å²) in [5.41, 5.74) is 2.30. The fraction of sp³-hybridized carbons (Fsp3) is 0.562. The molecule has 1 aromatic heterocycles. The lowest BCUT2D eigenvalue weighted by molar-refractivity contribution is 0.181. The molecule has 3 rings (SSSR count). The lowest BCUT2D eigenvalue weighted by atomic mass is 9.97. The first-order valence-electron chi connectivity index (χ1n) is 7.43. The van der Waals surface area contributed by atoms with Crippen molar-refractivity contribution in [3.63, 3.8) is 0 Å². The molecule has 2 atom stereocenters. The third-order valence-corrected chi connectivity index (χ3v) is 4.36. The molecule has 4 nitrogen and oxygen atoms in total. The molecule has 0 spiro atoms. The van der Waals surface area contributed by atoms with Crippen molar-refractivity contribution in [1.82, 2.24) is 14.9 Å². The number of imidazole rings is 1. The van der Waals surface area contributed by atoms with Crippen LogP contribution in [0.1, 0.15) is 18.7 Å². The highest BCUT2D eigenvalue weighted by Gasteiger charge is 2.21. The van der Waals surface area contributed by atoms with Gasteiger partial charge < -0.3 is 14.6 Å². The Balaban J connectivity index is 1.74. The van der Waals surface area contributed by atoms with Crippen molar-refractivity contribution in [2.24, 2.45) is 13.0 Å². The Hall–Kier alpha value is -1.39. The Morgan fingerprint density at radius 1 is 1.45 bits per heavy atom. The van der Waals surface area contributed by atoms with Gasteiger partial charge in [-0.1, -0.05) is 12.1 Å². The van der Waals surface area contributed by atoms with Gasteiger partial charge in [-0.2, -0.15) is 0 Å². The van der Waals surface area contributed by atoms with Crippen LogP contribution in [-0.2, 0) is 18.2 Å². The average Bonchev–Trinajstić information content (AvgIpc) is 3.08. The Labute approximate surface area is 120 Å². The maximum Gasteiger partial charge on any atom is 0.111 e. The van der Waals surface area contributed by atoms with Gasteiger partial charge in [0.25, 0.3) is 0 Å². The predicted octanol–water partition coefficient (Wildman–Crippen LogP) is 2.13. The number of ether oxygens (including phenoxy) is 1. The van der Waals surface area contributed by atoms with Crippen molar-refractivity contribution in [2.45, 2.75) is 25.3 Å². The van der Waals surface area contributed by atoms with Gasteiger partial charge in [0.2, 0.25) is 0 Å². The zero-order chi connectivity index (χ0) is 13.9. The van der Waals surface area contributed by atoms with Crippen LogP contribution in [0, 0.1) is 5.92 Å². The van der Waals surface area contributed by atoms with Crippen molar-refractivity contribution in [3.8, 4) is 0 Å². The van der Waals surface area contributed by atoms with E-state index >= 15 is 0 Å². The van der Waals surface area contributed by atoms with Gasteiger partial charge in [0, 0.05) is 32.7 Å². The third kappa shape index (κ3) is 2.72. The maximum absolute atomic E-state index is 5.48. The fourth-order valence-electron chi connectivity index (χ4n) is 3.07. The van der Waals surface area contributed by atoms with Crippen LogP contribution in [0.2, 0.25) is 0 Å². The molecular formula is C16H23N3O. The second-order valence-electron chi connectivity index (χ2n) is 5.73. The highest BCUT2D eigenvalue weighted by atomic mass is 16.5. The van der Waals surface area contributed by atoms with Gasteiger partial charge in [-0.25, -0.2) is 4.98 Å². The van der Waals surface area contributed by atoms with Crippen LogP contribution in [-0.4, -0.2) is 35.9 Å². The minimum Gasteiger partial charge on any atom is -0.381 e. The lowest BCUT2D eigenvalue weighted by Crippen LogP contribution is -2.31. The molecule has 0 amide bonds. The number of hydrogen-bond acceptors (Lipinski definition) is 3. The smallest absolute Gasteiger partial charge is 0.111 e. The molecule has 1 saturated heterocycles. The molecule has 0 radical (unpaired) electrons. The fourth-order valence-corrected chi connectivity index (χ4v) is 3.07. The van der Waals surface area contributed by atoms with Crippen LogP contribution in [0.3, 0.4) is 0 Å². The topological polar surface area (TPSA) is 39.1 Å². The number of likely N-dealkylation sites (N-methyl/N-ethyl adjacent to an activating group) is 1. The molecule has 1 N–H and O–H groups in total. The number of nitrogens with zero attached hydrogens (tertiary/aromatic N) is 2. The largest absolute Gasteiger partial charge is 0.381 e. The maximum atomic E-state index is 5.48. The summed E-state index contributed by atoms with van der Waals surface area (Å²) in [4.78, 5) is 4.77.